The van der Waals surface area contributed by atoms with E-state index < -0.39 is 5.97 Å². The van der Waals surface area contributed by atoms with Gasteiger partial charge in [0.05, 0.1) is 11.4 Å². The maximum Gasteiger partial charge on any atom is 0.306 e. The van der Waals surface area contributed by atoms with Gasteiger partial charge in [-0.25, -0.2) is 0 Å². The number of nitrogens with one attached hydrogen (secondary N) is 1. The molecule has 1 aromatic rings. The van der Waals surface area contributed by atoms with E-state index in [1.807, 2.05) is 11.7 Å². The lowest BCUT2D eigenvalue weighted by Crippen LogP contribution is -2.34. The van der Waals surface area contributed by atoms with Crippen molar-refractivity contribution < 1.29 is 9.90 Å². The summed E-state index contributed by atoms with van der Waals surface area (Å²) >= 11 is 1.65. The van der Waals surface area contributed by atoms with Gasteiger partial charge >= 0.3 is 5.97 Å². The molecule has 1 saturated carbocycles. The number of carboxylic acids is 1. The molecule has 0 aromatic carbocycles. The normalized spacial score (nSPS) is 25.5. The molecule has 4 nitrogen and oxygen atoms in total. The summed E-state index contributed by atoms with van der Waals surface area (Å²) in [7, 11) is 0. The van der Waals surface area contributed by atoms with Gasteiger partial charge in [-0.1, -0.05) is 0 Å². The second-order valence-corrected chi connectivity index (χ2v) is 5.21. The molecule has 1 aromatic heterocycles. The molecule has 1 fully saturated rings. The van der Waals surface area contributed by atoms with Crippen molar-refractivity contribution in [2.45, 2.75) is 38.3 Å². The highest BCUT2D eigenvalue weighted by atomic mass is 32.1. The van der Waals surface area contributed by atoms with E-state index in [0.717, 1.165) is 32.2 Å². The van der Waals surface area contributed by atoms with Gasteiger partial charge in [0.25, 0.3) is 0 Å². The average Bonchev–Trinajstić information content (AvgIpc) is 2.80. The molecule has 0 amide bonds. The number of thiazole rings is 1. The van der Waals surface area contributed by atoms with Gasteiger partial charge < -0.3 is 10.4 Å². The number of aromatic nitrogens is 1. The standard InChI is InChI=1S/C11H16N2O2S/c14-11(15)8-1-3-9(4-2-8)13-6-10-5-12-7-16-10/h5,7-9,13H,1-4,6H2,(H,14,15). The Labute approximate surface area is 98.7 Å². The first-order valence-corrected chi connectivity index (χ1v) is 6.47. The predicted molar refractivity (Wildman–Crippen MR) is 62.3 cm³/mol. The summed E-state index contributed by atoms with van der Waals surface area (Å²) in [6.45, 7) is 0.854. The summed E-state index contributed by atoms with van der Waals surface area (Å²) in [5.74, 6) is -0.762. The first kappa shape index (κ1) is 11.5. The van der Waals surface area contributed by atoms with Gasteiger partial charge in [-0.2, -0.15) is 0 Å². The third-order valence-corrected chi connectivity index (χ3v) is 3.90. The monoisotopic (exact) mass is 240 g/mol. The zero-order valence-electron chi connectivity index (χ0n) is 9.06. The number of aliphatic carboxylic acids is 1. The van der Waals surface area contributed by atoms with E-state index >= 15 is 0 Å². The van der Waals surface area contributed by atoms with Crippen LogP contribution in [0.5, 0.6) is 0 Å². The third-order valence-electron chi connectivity index (χ3n) is 3.12. The summed E-state index contributed by atoms with van der Waals surface area (Å²) in [5.41, 5.74) is 1.83. The van der Waals surface area contributed by atoms with E-state index in [-0.39, 0.29) is 5.92 Å². The first-order chi connectivity index (χ1) is 7.75. The molecular weight excluding hydrogens is 224 g/mol. The average molecular weight is 240 g/mol. The van der Waals surface area contributed by atoms with Crippen LogP contribution in [0.15, 0.2) is 11.7 Å². The second-order valence-electron chi connectivity index (χ2n) is 4.24. The Morgan fingerprint density at radius 1 is 1.50 bits per heavy atom. The molecule has 0 unspecified atom stereocenters. The van der Waals surface area contributed by atoms with Gasteiger partial charge in [-0.3, -0.25) is 9.78 Å². The lowest BCUT2D eigenvalue weighted by molar-refractivity contribution is -0.142. The van der Waals surface area contributed by atoms with Gasteiger partial charge in [0.1, 0.15) is 0 Å². The maximum atomic E-state index is 10.8. The number of carboxylic acid groups (broad SMARTS) is 1. The van der Waals surface area contributed by atoms with Crippen LogP contribution in [-0.4, -0.2) is 22.1 Å². The highest BCUT2D eigenvalue weighted by Crippen LogP contribution is 2.24. The molecule has 16 heavy (non-hydrogen) atoms. The van der Waals surface area contributed by atoms with Crippen LogP contribution in [0.4, 0.5) is 0 Å². The van der Waals surface area contributed by atoms with Gasteiger partial charge in [0.2, 0.25) is 0 Å². The zero-order valence-corrected chi connectivity index (χ0v) is 9.87. The molecule has 0 saturated heterocycles. The Balaban J connectivity index is 1.71. The van der Waals surface area contributed by atoms with Gasteiger partial charge in [-0.15, -0.1) is 11.3 Å². The number of hydrogen-bond acceptors (Lipinski definition) is 4. The van der Waals surface area contributed by atoms with E-state index in [4.69, 9.17) is 5.11 Å². The summed E-state index contributed by atoms with van der Waals surface area (Å²) in [6, 6.07) is 0.470. The summed E-state index contributed by atoms with van der Waals surface area (Å²) < 4.78 is 0. The fourth-order valence-electron chi connectivity index (χ4n) is 2.12. The Kier molecular flexibility index (Phi) is 3.90. The van der Waals surface area contributed by atoms with Crippen LogP contribution in [0, 0.1) is 5.92 Å². The largest absolute Gasteiger partial charge is 0.481 e. The summed E-state index contributed by atoms with van der Waals surface area (Å²) in [5, 5.41) is 12.3. The molecule has 88 valence electrons. The fourth-order valence-corrected chi connectivity index (χ4v) is 2.66. The Hall–Kier alpha value is -0.940. The van der Waals surface area contributed by atoms with Crippen LogP contribution in [0.1, 0.15) is 30.6 Å². The summed E-state index contributed by atoms with van der Waals surface area (Å²) in [4.78, 5) is 16.0. The van der Waals surface area contributed by atoms with E-state index in [2.05, 4.69) is 10.3 Å². The highest BCUT2D eigenvalue weighted by molar-refractivity contribution is 7.09. The zero-order chi connectivity index (χ0) is 11.4. The van der Waals surface area contributed by atoms with E-state index in [1.165, 1.54) is 4.88 Å². The Bertz CT molecular complexity index is 332. The molecule has 2 rings (SSSR count). The van der Waals surface area contributed by atoms with Crippen molar-refractivity contribution in [3.05, 3.63) is 16.6 Å². The number of rotatable bonds is 4. The van der Waals surface area contributed by atoms with Crippen molar-refractivity contribution in [1.82, 2.24) is 10.3 Å². The second kappa shape index (κ2) is 5.41. The molecule has 0 spiro atoms. The van der Waals surface area contributed by atoms with E-state index in [0.29, 0.717) is 6.04 Å². The smallest absolute Gasteiger partial charge is 0.306 e. The van der Waals surface area contributed by atoms with Crippen molar-refractivity contribution in [3.8, 4) is 0 Å². The molecule has 2 N–H and O–H groups in total. The van der Waals surface area contributed by atoms with Crippen molar-refractivity contribution in [3.63, 3.8) is 0 Å². The molecule has 1 aliphatic carbocycles. The molecule has 1 aliphatic rings. The van der Waals surface area contributed by atoms with Gasteiger partial charge in [-0.05, 0) is 25.7 Å². The minimum absolute atomic E-state index is 0.124. The number of nitrogens with zero attached hydrogens (tertiary/aromatic N) is 1. The SMILES string of the molecule is O=C(O)C1CCC(NCc2cncs2)CC1. The lowest BCUT2D eigenvalue weighted by Gasteiger charge is -2.26. The van der Waals surface area contributed by atoms with Gasteiger partial charge in [0, 0.05) is 23.7 Å². The van der Waals surface area contributed by atoms with Gasteiger partial charge in [0.15, 0.2) is 0 Å². The number of hydrogen-bond donors (Lipinski definition) is 2. The minimum atomic E-state index is -0.638. The quantitative estimate of drug-likeness (QED) is 0.843. The van der Waals surface area contributed by atoms with E-state index in [1.54, 1.807) is 11.3 Å². The van der Waals surface area contributed by atoms with Crippen LogP contribution in [-0.2, 0) is 11.3 Å². The summed E-state index contributed by atoms with van der Waals surface area (Å²) in [6.07, 6.45) is 5.41. The van der Waals surface area contributed by atoms with Crippen LogP contribution in [0.25, 0.3) is 0 Å². The van der Waals surface area contributed by atoms with Crippen LogP contribution >= 0.6 is 11.3 Å². The van der Waals surface area contributed by atoms with Crippen LogP contribution in [0.2, 0.25) is 0 Å². The fraction of sp³-hybridized carbons (Fsp3) is 0.636. The molecule has 0 atom stereocenters. The first-order valence-electron chi connectivity index (χ1n) is 5.59. The van der Waals surface area contributed by atoms with Crippen molar-refractivity contribution in [2.75, 3.05) is 0 Å². The molecule has 5 heteroatoms. The Morgan fingerprint density at radius 3 is 2.81 bits per heavy atom. The molecule has 1 heterocycles. The molecule has 0 bridgehead atoms. The maximum absolute atomic E-state index is 10.8. The topological polar surface area (TPSA) is 62.2 Å². The molecule has 0 aliphatic heterocycles. The molecular formula is C11H16N2O2S. The Morgan fingerprint density at radius 2 is 2.25 bits per heavy atom. The third kappa shape index (κ3) is 3.02. The van der Waals surface area contributed by atoms with Crippen LogP contribution < -0.4 is 5.32 Å². The number of carbonyl (C=O) groups is 1. The highest BCUT2D eigenvalue weighted by Gasteiger charge is 2.25. The van der Waals surface area contributed by atoms with Crippen molar-refractivity contribution >= 4 is 17.3 Å². The van der Waals surface area contributed by atoms with E-state index in [9.17, 15) is 4.79 Å². The van der Waals surface area contributed by atoms with Crippen LogP contribution in [0.3, 0.4) is 0 Å². The van der Waals surface area contributed by atoms with Crippen molar-refractivity contribution in [2.24, 2.45) is 5.92 Å². The lowest BCUT2D eigenvalue weighted by atomic mass is 9.86. The predicted octanol–water partition coefficient (Wildman–Crippen LogP) is 1.88. The van der Waals surface area contributed by atoms with Crippen molar-refractivity contribution in [1.29, 1.82) is 0 Å². The minimum Gasteiger partial charge on any atom is -0.481 e. The molecule has 0 radical (unpaired) electrons.